The summed E-state index contributed by atoms with van der Waals surface area (Å²) in [6.45, 7) is 5.88. The third kappa shape index (κ3) is 4.45. The van der Waals surface area contributed by atoms with Gasteiger partial charge >= 0.3 is 0 Å². The van der Waals surface area contributed by atoms with Gasteiger partial charge in [0.15, 0.2) is 0 Å². The van der Waals surface area contributed by atoms with E-state index in [0.717, 1.165) is 12.0 Å². The van der Waals surface area contributed by atoms with Gasteiger partial charge in [0.05, 0.1) is 0 Å². The largest absolute Gasteiger partial charge is 0.314 e. The van der Waals surface area contributed by atoms with Crippen LogP contribution >= 0.6 is 0 Å². The monoisotopic (exact) mass is 197 g/mol. The maximum atomic E-state index is 3.72. The molecule has 1 heteroatoms. The first-order chi connectivity index (χ1) is 6.86. The van der Waals surface area contributed by atoms with Crippen LogP contribution in [0.25, 0.3) is 0 Å². The standard InChI is InChI=1S/C13H27N/c1-3-12(4-2)10-11-14-13-8-6-5-7-9-13/h12-14H,3-11H2,1-2H3. The number of rotatable bonds is 6. The van der Waals surface area contributed by atoms with Crippen LogP contribution < -0.4 is 5.32 Å². The zero-order chi connectivity index (χ0) is 10.2. The van der Waals surface area contributed by atoms with Crippen LogP contribution in [0.2, 0.25) is 0 Å². The first-order valence-corrected chi connectivity index (χ1v) is 6.60. The van der Waals surface area contributed by atoms with Gasteiger partial charge in [0.25, 0.3) is 0 Å². The zero-order valence-electron chi connectivity index (χ0n) is 10.0. The van der Waals surface area contributed by atoms with E-state index in [2.05, 4.69) is 19.2 Å². The van der Waals surface area contributed by atoms with Crippen molar-refractivity contribution in [3.05, 3.63) is 0 Å². The van der Waals surface area contributed by atoms with Crippen molar-refractivity contribution in [2.75, 3.05) is 6.54 Å². The van der Waals surface area contributed by atoms with E-state index in [-0.39, 0.29) is 0 Å². The summed E-state index contributed by atoms with van der Waals surface area (Å²) in [5.74, 6) is 0.950. The first kappa shape index (κ1) is 12.0. The summed E-state index contributed by atoms with van der Waals surface area (Å²) in [6.07, 6.45) is 11.3. The smallest absolute Gasteiger partial charge is 0.00670 e. The van der Waals surface area contributed by atoms with Crippen LogP contribution in [0.3, 0.4) is 0 Å². The highest BCUT2D eigenvalue weighted by molar-refractivity contribution is 4.72. The Hall–Kier alpha value is -0.0400. The molecule has 1 aliphatic rings. The summed E-state index contributed by atoms with van der Waals surface area (Å²) in [5, 5.41) is 3.72. The molecule has 0 bridgehead atoms. The molecular weight excluding hydrogens is 170 g/mol. The molecule has 1 rings (SSSR count). The lowest BCUT2D eigenvalue weighted by molar-refractivity contribution is 0.351. The molecule has 0 heterocycles. The minimum atomic E-state index is 0.845. The van der Waals surface area contributed by atoms with E-state index < -0.39 is 0 Å². The van der Waals surface area contributed by atoms with Gasteiger partial charge in [-0.15, -0.1) is 0 Å². The van der Waals surface area contributed by atoms with Crippen molar-refractivity contribution < 1.29 is 0 Å². The molecule has 0 aliphatic heterocycles. The highest BCUT2D eigenvalue weighted by Gasteiger charge is 2.12. The summed E-state index contributed by atoms with van der Waals surface area (Å²) in [4.78, 5) is 0. The predicted octanol–water partition coefficient (Wildman–Crippen LogP) is 3.74. The minimum Gasteiger partial charge on any atom is -0.314 e. The molecular formula is C13H27N. The molecule has 0 unspecified atom stereocenters. The Bertz CT molecular complexity index is 123. The van der Waals surface area contributed by atoms with Gasteiger partial charge in [-0.25, -0.2) is 0 Å². The van der Waals surface area contributed by atoms with Crippen LogP contribution in [-0.4, -0.2) is 12.6 Å². The van der Waals surface area contributed by atoms with Crippen molar-refractivity contribution in [1.29, 1.82) is 0 Å². The molecule has 0 aromatic heterocycles. The maximum Gasteiger partial charge on any atom is 0.00670 e. The van der Waals surface area contributed by atoms with Crippen LogP contribution in [-0.2, 0) is 0 Å². The SMILES string of the molecule is CCC(CC)CCNC1CCCCC1. The first-order valence-electron chi connectivity index (χ1n) is 6.60. The van der Waals surface area contributed by atoms with Gasteiger partial charge in [0.2, 0.25) is 0 Å². The normalized spacial score (nSPS) is 19.1. The number of hydrogen-bond acceptors (Lipinski definition) is 1. The van der Waals surface area contributed by atoms with Crippen molar-refractivity contribution in [3.63, 3.8) is 0 Å². The predicted molar refractivity (Wildman–Crippen MR) is 63.6 cm³/mol. The molecule has 0 atom stereocenters. The van der Waals surface area contributed by atoms with E-state index in [4.69, 9.17) is 0 Å². The molecule has 1 fully saturated rings. The quantitative estimate of drug-likeness (QED) is 0.684. The lowest BCUT2D eigenvalue weighted by atomic mass is 9.94. The van der Waals surface area contributed by atoms with E-state index in [0.29, 0.717) is 0 Å². The molecule has 0 amide bonds. The van der Waals surface area contributed by atoms with E-state index in [1.165, 1.54) is 57.9 Å². The molecule has 84 valence electrons. The number of hydrogen-bond donors (Lipinski definition) is 1. The Balaban J connectivity index is 2.01. The second kappa shape index (κ2) is 7.28. The van der Waals surface area contributed by atoms with Crippen LogP contribution in [0.5, 0.6) is 0 Å². The van der Waals surface area contributed by atoms with Gasteiger partial charge in [0, 0.05) is 6.04 Å². The van der Waals surface area contributed by atoms with E-state index in [9.17, 15) is 0 Å². The van der Waals surface area contributed by atoms with Crippen molar-refractivity contribution in [3.8, 4) is 0 Å². The van der Waals surface area contributed by atoms with Gasteiger partial charge in [-0.2, -0.15) is 0 Å². The Morgan fingerprint density at radius 1 is 1.07 bits per heavy atom. The summed E-state index contributed by atoms with van der Waals surface area (Å²) >= 11 is 0. The van der Waals surface area contributed by atoms with Crippen LogP contribution in [0, 0.1) is 5.92 Å². The summed E-state index contributed by atoms with van der Waals surface area (Å²) in [5.41, 5.74) is 0. The molecule has 0 saturated heterocycles. The fourth-order valence-corrected chi connectivity index (χ4v) is 2.50. The van der Waals surface area contributed by atoms with Crippen molar-refractivity contribution in [1.82, 2.24) is 5.32 Å². The lowest BCUT2D eigenvalue weighted by Crippen LogP contribution is -2.32. The van der Waals surface area contributed by atoms with Crippen LogP contribution in [0.4, 0.5) is 0 Å². The molecule has 0 aromatic carbocycles. The van der Waals surface area contributed by atoms with E-state index >= 15 is 0 Å². The highest BCUT2D eigenvalue weighted by Crippen LogP contribution is 2.18. The average molecular weight is 197 g/mol. The van der Waals surface area contributed by atoms with Crippen LogP contribution in [0.1, 0.15) is 65.2 Å². The molecule has 0 radical (unpaired) electrons. The van der Waals surface area contributed by atoms with Crippen LogP contribution in [0.15, 0.2) is 0 Å². The maximum absolute atomic E-state index is 3.72. The molecule has 1 nitrogen and oxygen atoms in total. The van der Waals surface area contributed by atoms with Crippen molar-refractivity contribution >= 4 is 0 Å². The Morgan fingerprint density at radius 3 is 2.29 bits per heavy atom. The molecule has 0 spiro atoms. The molecule has 1 N–H and O–H groups in total. The lowest BCUT2D eigenvalue weighted by Gasteiger charge is -2.23. The molecule has 0 aromatic rings. The van der Waals surface area contributed by atoms with Gasteiger partial charge in [-0.05, 0) is 31.7 Å². The van der Waals surface area contributed by atoms with Gasteiger partial charge in [0.1, 0.15) is 0 Å². The second-order valence-electron chi connectivity index (χ2n) is 4.76. The topological polar surface area (TPSA) is 12.0 Å². The Kier molecular flexibility index (Phi) is 6.25. The highest BCUT2D eigenvalue weighted by atomic mass is 14.9. The number of nitrogens with one attached hydrogen (secondary N) is 1. The second-order valence-corrected chi connectivity index (χ2v) is 4.76. The molecule has 1 saturated carbocycles. The van der Waals surface area contributed by atoms with E-state index in [1.54, 1.807) is 0 Å². The minimum absolute atomic E-state index is 0.845. The summed E-state index contributed by atoms with van der Waals surface area (Å²) in [7, 11) is 0. The Morgan fingerprint density at radius 2 is 1.71 bits per heavy atom. The zero-order valence-corrected chi connectivity index (χ0v) is 10.0. The van der Waals surface area contributed by atoms with Gasteiger partial charge in [-0.3, -0.25) is 0 Å². The van der Waals surface area contributed by atoms with Gasteiger partial charge in [-0.1, -0.05) is 46.0 Å². The Labute approximate surface area is 89.7 Å². The van der Waals surface area contributed by atoms with Gasteiger partial charge < -0.3 is 5.32 Å². The summed E-state index contributed by atoms with van der Waals surface area (Å²) in [6, 6.07) is 0.845. The third-order valence-corrected chi connectivity index (χ3v) is 3.75. The van der Waals surface area contributed by atoms with Crippen molar-refractivity contribution in [2.45, 2.75) is 71.3 Å². The van der Waals surface area contributed by atoms with E-state index in [1.807, 2.05) is 0 Å². The van der Waals surface area contributed by atoms with Crippen molar-refractivity contribution in [2.24, 2.45) is 5.92 Å². The molecule has 1 aliphatic carbocycles. The fourth-order valence-electron chi connectivity index (χ4n) is 2.50. The third-order valence-electron chi connectivity index (χ3n) is 3.75. The average Bonchev–Trinajstić information content (AvgIpc) is 2.26. The molecule has 14 heavy (non-hydrogen) atoms. The fraction of sp³-hybridized carbons (Fsp3) is 1.00. The summed E-state index contributed by atoms with van der Waals surface area (Å²) < 4.78 is 0.